The topological polar surface area (TPSA) is 24.5 Å². The highest BCUT2D eigenvalue weighted by Crippen LogP contribution is 2.44. The number of nitrogens with zero attached hydrogens (tertiary/aromatic N) is 1. The molecule has 35 heavy (non-hydrogen) atoms. The van der Waals surface area contributed by atoms with E-state index in [1.807, 2.05) is 7.11 Å². The number of fused-ring (bicyclic) bond motifs is 3. The number of nitrogens with one attached hydrogen (secondary N) is 1. The third-order valence-corrected chi connectivity index (χ3v) is 9.39. The van der Waals surface area contributed by atoms with Crippen molar-refractivity contribution in [2.24, 2.45) is 23.2 Å². The Hall–Kier alpha value is -1.68. The third-order valence-electron chi connectivity index (χ3n) is 9.39. The summed E-state index contributed by atoms with van der Waals surface area (Å²) >= 11 is 0. The molecule has 6 unspecified atom stereocenters. The van der Waals surface area contributed by atoms with E-state index in [1.54, 1.807) is 5.57 Å². The molecule has 1 aromatic carbocycles. The van der Waals surface area contributed by atoms with Gasteiger partial charge in [-0.25, -0.2) is 0 Å². The summed E-state index contributed by atoms with van der Waals surface area (Å²) in [5, 5.41) is 4.21. The molecule has 5 aliphatic rings. The van der Waals surface area contributed by atoms with Crippen LogP contribution in [0.4, 0.5) is 0 Å². The Morgan fingerprint density at radius 2 is 1.83 bits per heavy atom. The van der Waals surface area contributed by atoms with Crippen molar-refractivity contribution in [3.63, 3.8) is 0 Å². The Labute approximate surface area is 213 Å². The summed E-state index contributed by atoms with van der Waals surface area (Å²) in [4.78, 5) is 2.83. The highest BCUT2D eigenvalue weighted by molar-refractivity contribution is 5.28. The number of allylic oxidation sites excluding steroid dienone is 5. The van der Waals surface area contributed by atoms with Crippen molar-refractivity contribution in [1.82, 2.24) is 10.2 Å². The molecule has 6 rings (SSSR count). The van der Waals surface area contributed by atoms with Gasteiger partial charge in [0.15, 0.2) is 0 Å². The zero-order valence-corrected chi connectivity index (χ0v) is 22.3. The van der Waals surface area contributed by atoms with Crippen molar-refractivity contribution in [3.8, 4) is 0 Å². The summed E-state index contributed by atoms with van der Waals surface area (Å²) in [6, 6.07) is 12.5. The summed E-state index contributed by atoms with van der Waals surface area (Å²) in [5.41, 5.74) is 3.35. The molecule has 3 heteroatoms. The molecule has 190 valence electrons. The molecule has 3 fully saturated rings. The van der Waals surface area contributed by atoms with Crippen molar-refractivity contribution < 1.29 is 4.74 Å². The summed E-state index contributed by atoms with van der Waals surface area (Å²) in [5.74, 6) is 2.41. The maximum absolute atomic E-state index is 5.99. The van der Waals surface area contributed by atoms with Gasteiger partial charge in [-0.05, 0) is 68.0 Å². The van der Waals surface area contributed by atoms with Crippen LogP contribution < -0.4 is 5.32 Å². The van der Waals surface area contributed by atoms with Gasteiger partial charge in [-0.15, -0.1) is 0 Å². The molecule has 0 radical (unpaired) electrons. The van der Waals surface area contributed by atoms with E-state index in [9.17, 15) is 0 Å². The van der Waals surface area contributed by atoms with E-state index in [4.69, 9.17) is 4.74 Å². The van der Waals surface area contributed by atoms with Crippen LogP contribution >= 0.6 is 0 Å². The van der Waals surface area contributed by atoms with E-state index in [1.165, 1.54) is 31.5 Å². The molecule has 3 saturated heterocycles. The van der Waals surface area contributed by atoms with Crippen LogP contribution in [0.5, 0.6) is 0 Å². The zero-order chi connectivity index (χ0) is 24.4. The van der Waals surface area contributed by atoms with Gasteiger partial charge >= 0.3 is 0 Å². The van der Waals surface area contributed by atoms with Crippen molar-refractivity contribution in [3.05, 3.63) is 71.8 Å². The second kappa shape index (κ2) is 10.7. The second-order valence-corrected chi connectivity index (χ2v) is 12.4. The largest absolute Gasteiger partial charge is 0.381 e. The van der Waals surface area contributed by atoms with Crippen molar-refractivity contribution in [2.75, 3.05) is 26.7 Å². The second-order valence-electron chi connectivity index (χ2n) is 12.4. The molecule has 0 spiro atoms. The van der Waals surface area contributed by atoms with Crippen molar-refractivity contribution in [1.29, 1.82) is 0 Å². The van der Waals surface area contributed by atoms with Gasteiger partial charge in [-0.2, -0.15) is 0 Å². The Bertz CT molecular complexity index is 919. The first kappa shape index (κ1) is 25.0. The van der Waals surface area contributed by atoms with Crippen molar-refractivity contribution in [2.45, 2.75) is 77.0 Å². The first-order valence-electron chi connectivity index (χ1n) is 14.0. The average molecular weight is 475 g/mol. The predicted octanol–water partition coefficient (Wildman–Crippen LogP) is 6.35. The minimum atomic E-state index is 0.244. The van der Waals surface area contributed by atoms with Crippen LogP contribution in [-0.2, 0) is 4.74 Å². The third kappa shape index (κ3) is 5.38. The lowest BCUT2D eigenvalue weighted by molar-refractivity contribution is -0.0140. The number of piperidine rings is 3. The average Bonchev–Trinajstić information content (AvgIpc) is 2.89. The smallest absolute Gasteiger partial charge is 0.0649 e. The fourth-order valence-corrected chi connectivity index (χ4v) is 7.40. The summed E-state index contributed by atoms with van der Waals surface area (Å²) < 4.78 is 5.99. The molecule has 0 saturated carbocycles. The molecule has 6 atom stereocenters. The molecule has 1 N–H and O–H groups in total. The molecule has 3 aliphatic heterocycles. The minimum absolute atomic E-state index is 0.244. The van der Waals surface area contributed by atoms with E-state index >= 15 is 0 Å². The van der Waals surface area contributed by atoms with Crippen LogP contribution in [0.15, 0.2) is 66.3 Å². The lowest BCUT2D eigenvalue weighted by atomic mass is 9.67. The van der Waals surface area contributed by atoms with Crippen LogP contribution in [0.25, 0.3) is 0 Å². The quantitative estimate of drug-likeness (QED) is 0.466. The van der Waals surface area contributed by atoms with Gasteiger partial charge in [0.1, 0.15) is 0 Å². The van der Waals surface area contributed by atoms with E-state index in [0.29, 0.717) is 35.9 Å². The Morgan fingerprint density at radius 3 is 2.49 bits per heavy atom. The summed E-state index contributed by atoms with van der Waals surface area (Å²) in [6.07, 6.45) is 18.1. The molecule has 3 nitrogen and oxygen atoms in total. The minimum Gasteiger partial charge on any atom is -0.381 e. The molecule has 0 amide bonds. The molecule has 2 aliphatic carbocycles. The fourth-order valence-electron chi connectivity index (χ4n) is 7.40. The van der Waals surface area contributed by atoms with Gasteiger partial charge in [-0.3, -0.25) is 4.90 Å². The molecule has 0 aromatic heterocycles. The van der Waals surface area contributed by atoms with Crippen LogP contribution in [0.3, 0.4) is 0 Å². The maximum atomic E-state index is 5.99. The molecule has 3 heterocycles. The Balaban J connectivity index is 1.39. The van der Waals surface area contributed by atoms with E-state index < -0.39 is 0 Å². The number of methoxy groups -OCH3 is 1. The highest BCUT2D eigenvalue weighted by atomic mass is 16.5. The molecule has 2 bridgehead atoms. The SMILES string of the molecule is COC1CC=C(C(C)(C)C)CC1CNC1C2CCN(CC2)C1C(c1ccccc1)C1C=CC=CC1. The lowest BCUT2D eigenvalue weighted by Crippen LogP contribution is -2.65. The van der Waals surface area contributed by atoms with Crippen LogP contribution in [0, 0.1) is 23.2 Å². The number of hydrogen-bond acceptors (Lipinski definition) is 3. The molecule has 1 aromatic rings. The maximum Gasteiger partial charge on any atom is 0.0649 e. The van der Waals surface area contributed by atoms with Gasteiger partial charge in [0.05, 0.1) is 6.10 Å². The monoisotopic (exact) mass is 474 g/mol. The van der Waals surface area contributed by atoms with E-state index in [-0.39, 0.29) is 5.41 Å². The first-order chi connectivity index (χ1) is 17.0. The molecular weight excluding hydrogens is 428 g/mol. The van der Waals surface area contributed by atoms with Crippen LogP contribution in [-0.4, -0.2) is 49.8 Å². The fraction of sp³-hybridized carbons (Fsp3) is 0.625. The number of ether oxygens (including phenoxy) is 1. The van der Waals surface area contributed by atoms with E-state index in [2.05, 4.69) is 91.7 Å². The highest BCUT2D eigenvalue weighted by Gasteiger charge is 2.47. The number of benzene rings is 1. The van der Waals surface area contributed by atoms with Crippen molar-refractivity contribution >= 4 is 0 Å². The Kier molecular flexibility index (Phi) is 7.67. The summed E-state index contributed by atoms with van der Waals surface area (Å²) in [7, 11) is 1.90. The van der Waals surface area contributed by atoms with Gasteiger partial charge in [-0.1, -0.05) is 87.1 Å². The van der Waals surface area contributed by atoms with E-state index in [0.717, 1.165) is 31.7 Å². The molecular formula is C32H46N2O. The van der Waals surface area contributed by atoms with Gasteiger partial charge in [0.25, 0.3) is 0 Å². The predicted molar refractivity (Wildman–Crippen MR) is 147 cm³/mol. The normalized spacial score (nSPS) is 35.7. The first-order valence-corrected chi connectivity index (χ1v) is 14.0. The van der Waals surface area contributed by atoms with Gasteiger partial charge in [0, 0.05) is 37.6 Å². The number of rotatable bonds is 7. The zero-order valence-electron chi connectivity index (χ0n) is 22.3. The van der Waals surface area contributed by atoms with Gasteiger partial charge in [0.2, 0.25) is 0 Å². The lowest BCUT2D eigenvalue weighted by Gasteiger charge is -2.55. The van der Waals surface area contributed by atoms with Gasteiger partial charge < -0.3 is 10.1 Å². The number of hydrogen-bond donors (Lipinski definition) is 1. The summed E-state index contributed by atoms with van der Waals surface area (Å²) in [6.45, 7) is 10.6. The Morgan fingerprint density at radius 1 is 1.06 bits per heavy atom. The van der Waals surface area contributed by atoms with Crippen LogP contribution in [0.2, 0.25) is 0 Å². The standard InChI is InChI=1S/C32H46N2O/c1-32(2,3)27-15-16-28(35-4)26(21-27)22-33-30-25-17-19-34(20-18-25)31(30)29(23-11-7-5-8-12-23)24-13-9-6-10-14-24/h5-13,15,24-26,28-31,33H,14,16-22H2,1-4H3. The van der Waals surface area contributed by atoms with Crippen LogP contribution in [0.1, 0.15) is 64.4 Å².